The summed E-state index contributed by atoms with van der Waals surface area (Å²) < 4.78 is 5.77. The van der Waals surface area contributed by atoms with Crippen LogP contribution in [0.25, 0.3) is 10.9 Å². The molecule has 2 unspecified atom stereocenters. The predicted octanol–water partition coefficient (Wildman–Crippen LogP) is 2.55. The molecule has 2 aromatic rings. The molecule has 0 amide bonds. The van der Waals surface area contributed by atoms with Gasteiger partial charge in [0.05, 0.1) is 24.3 Å². The maximum Gasteiger partial charge on any atom is 0.143 e. The molecule has 4 heteroatoms. The van der Waals surface area contributed by atoms with Gasteiger partial charge < -0.3 is 4.74 Å². The minimum absolute atomic E-state index is 0.278. The topological polar surface area (TPSA) is 38.2 Å². The van der Waals surface area contributed by atoms with E-state index < -0.39 is 0 Å². The van der Waals surface area contributed by atoms with Crippen LogP contribution in [0.2, 0.25) is 0 Å². The van der Waals surface area contributed by atoms with E-state index >= 15 is 0 Å². The zero-order valence-corrected chi connectivity index (χ0v) is 12.3. The number of hydrogen-bond donors (Lipinski definition) is 0. The Kier molecular flexibility index (Phi) is 3.68. The first kappa shape index (κ1) is 13.5. The van der Waals surface area contributed by atoms with E-state index in [1.807, 2.05) is 12.1 Å². The molecule has 2 atom stereocenters. The van der Waals surface area contributed by atoms with Crippen molar-refractivity contribution in [2.24, 2.45) is 0 Å². The monoisotopic (exact) mass is 271 g/mol. The Labute approximate surface area is 119 Å². The van der Waals surface area contributed by atoms with Crippen LogP contribution in [0.1, 0.15) is 25.4 Å². The molecule has 1 aromatic carbocycles. The molecule has 0 bridgehead atoms. The molecule has 2 heterocycles. The number of ether oxygens (including phenoxy) is 1. The van der Waals surface area contributed by atoms with Crippen molar-refractivity contribution in [2.45, 2.75) is 39.5 Å². The molecule has 1 aliphatic heterocycles. The van der Waals surface area contributed by atoms with Gasteiger partial charge in [0.2, 0.25) is 0 Å². The molecule has 20 heavy (non-hydrogen) atoms. The van der Waals surface area contributed by atoms with Crippen LogP contribution >= 0.6 is 0 Å². The highest BCUT2D eigenvalue weighted by atomic mass is 16.5. The highest BCUT2D eigenvalue weighted by Crippen LogP contribution is 2.17. The number of rotatable bonds is 2. The highest BCUT2D eigenvalue weighted by Gasteiger charge is 2.22. The molecule has 1 fully saturated rings. The summed E-state index contributed by atoms with van der Waals surface area (Å²) in [6.07, 6.45) is 0.556. The second kappa shape index (κ2) is 5.46. The molecule has 4 nitrogen and oxygen atoms in total. The Morgan fingerprint density at radius 2 is 1.85 bits per heavy atom. The van der Waals surface area contributed by atoms with Crippen LogP contribution in [-0.4, -0.2) is 40.2 Å². The molecule has 0 radical (unpaired) electrons. The van der Waals surface area contributed by atoms with Crippen molar-refractivity contribution in [1.29, 1.82) is 0 Å². The number of nitrogens with zero attached hydrogens (tertiary/aromatic N) is 3. The lowest BCUT2D eigenvalue weighted by molar-refractivity contribution is -0.0710. The van der Waals surface area contributed by atoms with E-state index in [-0.39, 0.29) is 12.2 Å². The van der Waals surface area contributed by atoms with Crippen molar-refractivity contribution in [2.75, 3.05) is 13.1 Å². The van der Waals surface area contributed by atoms with Crippen molar-refractivity contribution in [3.05, 3.63) is 35.8 Å². The van der Waals surface area contributed by atoms with E-state index in [0.29, 0.717) is 0 Å². The van der Waals surface area contributed by atoms with Crippen molar-refractivity contribution in [3.8, 4) is 0 Å². The first-order chi connectivity index (χ1) is 9.61. The SMILES string of the molecule is Cc1nc(CN2CC(C)OC(C)C2)nc2ccccc12. The lowest BCUT2D eigenvalue weighted by Crippen LogP contribution is -2.45. The van der Waals surface area contributed by atoms with E-state index in [2.05, 4.69) is 47.8 Å². The van der Waals surface area contributed by atoms with Crippen molar-refractivity contribution in [1.82, 2.24) is 14.9 Å². The largest absolute Gasteiger partial charge is 0.373 e. The molecule has 1 aromatic heterocycles. The number of fused-ring (bicyclic) bond motifs is 1. The number of aromatic nitrogens is 2. The van der Waals surface area contributed by atoms with Gasteiger partial charge in [-0.3, -0.25) is 4.90 Å². The third-order valence-electron chi connectivity index (χ3n) is 3.70. The maximum absolute atomic E-state index is 5.77. The standard InChI is InChI=1S/C16H21N3O/c1-11-8-19(9-12(2)20-11)10-16-17-13(3)14-6-4-5-7-15(14)18-16/h4-7,11-12H,8-10H2,1-3H3. The maximum atomic E-state index is 5.77. The molecule has 0 N–H and O–H groups in total. The molecular weight excluding hydrogens is 250 g/mol. The molecule has 1 saturated heterocycles. The second-order valence-electron chi connectivity index (χ2n) is 5.69. The minimum Gasteiger partial charge on any atom is -0.373 e. The van der Waals surface area contributed by atoms with Gasteiger partial charge in [-0.25, -0.2) is 9.97 Å². The molecular formula is C16H21N3O. The van der Waals surface area contributed by atoms with Gasteiger partial charge in [0.1, 0.15) is 5.82 Å². The van der Waals surface area contributed by atoms with Crippen molar-refractivity contribution >= 4 is 10.9 Å². The first-order valence-electron chi connectivity index (χ1n) is 7.22. The average Bonchev–Trinajstić information content (AvgIpc) is 2.37. The summed E-state index contributed by atoms with van der Waals surface area (Å²) in [4.78, 5) is 11.7. The fraction of sp³-hybridized carbons (Fsp3) is 0.500. The summed E-state index contributed by atoms with van der Waals surface area (Å²) in [7, 11) is 0. The van der Waals surface area contributed by atoms with Gasteiger partial charge in [-0.15, -0.1) is 0 Å². The van der Waals surface area contributed by atoms with Crippen LogP contribution in [0.4, 0.5) is 0 Å². The van der Waals surface area contributed by atoms with Gasteiger partial charge in [0.15, 0.2) is 0 Å². The molecule has 3 rings (SSSR count). The number of morpholine rings is 1. The van der Waals surface area contributed by atoms with Crippen LogP contribution < -0.4 is 0 Å². The summed E-state index contributed by atoms with van der Waals surface area (Å²) in [5, 5.41) is 1.14. The lowest BCUT2D eigenvalue weighted by Gasteiger charge is -2.34. The predicted molar refractivity (Wildman–Crippen MR) is 79.6 cm³/mol. The quantitative estimate of drug-likeness (QED) is 0.841. The fourth-order valence-electron chi connectivity index (χ4n) is 2.98. The number of para-hydroxylation sites is 1. The van der Waals surface area contributed by atoms with E-state index in [1.54, 1.807) is 0 Å². The molecule has 0 saturated carbocycles. The second-order valence-corrected chi connectivity index (χ2v) is 5.69. The zero-order chi connectivity index (χ0) is 14.1. The molecule has 0 aliphatic carbocycles. The van der Waals surface area contributed by atoms with Crippen LogP contribution in [0.3, 0.4) is 0 Å². The van der Waals surface area contributed by atoms with Crippen LogP contribution in [-0.2, 0) is 11.3 Å². The van der Waals surface area contributed by atoms with Gasteiger partial charge in [-0.2, -0.15) is 0 Å². The lowest BCUT2D eigenvalue weighted by atomic mass is 10.2. The zero-order valence-electron chi connectivity index (χ0n) is 12.3. The fourth-order valence-corrected chi connectivity index (χ4v) is 2.98. The third kappa shape index (κ3) is 2.81. The van der Waals surface area contributed by atoms with Crippen molar-refractivity contribution in [3.63, 3.8) is 0 Å². The normalized spacial score (nSPS) is 24.1. The smallest absolute Gasteiger partial charge is 0.143 e. The Morgan fingerprint density at radius 1 is 1.15 bits per heavy atom. The van der Waals surface area contributed by atoms with E-state index in [4.69, 9.17) is 4.74 Å². The van der Waals surface area contributed by atoms with Gasteiger partial charge in [0.25, 0.3) is 0 Å². The minimum atomic E-state index is 0.278. The van der Waals surface area contributed by atoms with Gasteiger partial charge in [-0.05, 0) is 26.8 Å². The molecule has 1 aliphatic rings. The molecule has 0 spiro atoms. The Morgan fingerprint density at radius 3 is 2.60 bits per heavy atom. The third-order valence-corrected chi connectivity index (χ3v) is 3.70. The highest BCUT2D eigenvalue weighted by molar-refractivity contribution is 5.80. The van der Waals surface area contributed by atoms with Crippen LogP contribution in [0, 0.1) is 6.92 Å². The Balaban J connectivity index is 1.84. The van der Waals surface area contributed by atoms with Crippen LogP contribution in [0.15, 0.2) is 24.3 Å². The summed E-state index contributed by atoms with van der Waals surface area (Å²) in [5.41, 5.74) is 2.09. The van der Waals surface area contributed by atoms with Gasteiger partial charge >= 0.3 is 0 Å². The van der Waals surface area contributed by atoms with Gasteiger partial charge in [0, 0.05) is 24.2 Å². The summed E-state index contributed by atoms with van der Waals surface area (Å²) in [6, 6.07) is 8.19. The van der Waals surface area contributed by atoms with E-state index in [9.17, 15) is 0 Å². The van der Waals surface area contributed by atoms with Crippen LogP contribution in [0.5, 0.6) is 0 Å². The van der Waals surface area contributed by atoms with E-state index in [0.717, 1.165) is 42.1 Å². The number of hydrogen-bond acceptors (Lipinski definition) is 4. The summed E-state index contributed by atoms with van der Waals surface area (Å²) >= 11 is 0. The number of benzene rings is 1. The van der Waals surface area contributed by atoms with Crippen molar-refractivity contribution < 1.29 is 4.74 Å². The first-order valence-corrected chi connectivity index (χ1v) is 7.22. The average molecular weight is 271 g/mol. The number of aryl methyl sites for hydroxylation is 1. The Bertz CT molecular complexity index is 604. The summed E-state index contributed by atoms with van der Waals surface area (Å²) in [5.74, 6) is 0.905. The van der Waals surface area contributed by atoms with E-state index in [1.165, 1.54) is 0 Å². The summed E-state index contributed by atoms with van der Waals surface area (Å²) in [6.45, 7) is 8.98. The van der Waals surface area contributed by atoms with Gasteiger partial charge in [-0.1, -0.05) is 18.2 Å². The molecule has 106 valence electrons. The Hall–Kier alpha value is -1.52.